The SMILES string of the molecule is CCNC(=O)Nc1cc(-c2nc(C(F)(F)F)cs2)c(-c2ccc3c(c2)c(=O)c(C(=O)OCC)cn3C2[C@H]3CN(C)C[C@@H]23)cn1. The second-order valence-corrected chi connectivity index (χ2v) is 11.8. The van der Waals surface area contributed by atoms with Gasteiger partial charge in [-0.15, -0.1) is 11.3 Å². The summed E-state index contributed by atoms with van der Waals surface area (Å²) in [6.45, 7) is 5.70. The van der Waals surface area contributed by atoms with E-state index in [4.69, 9.17) is 4.74 Å². The molecule has 1 aliphatic heterocycles. The average Bonchev–Trinajstić information content (AvgIpc) is 3.30. The summed E-state index contributed by atoms with van der Waals surface area (Å²) in [4.78, 5) is 49.1. The monoisotopic (exact) mass is 626 g/mol. The predicted molar refractivity (Wildman–Crippen MR) is 160 cm³/mol. The van der Waals surface area contributed by atoms with Crippen molar-refractivity contribution in [2.75, 3.05) is 38.6 Å². The molecule has 10 nitrogen and oxygen atoms in total. The summed E-state index contributed by atoms with van der Waals surface area (Å²) in [6.07, 6.45) is -1.63. The molecule has 230 valence electrons. The molecule has 6 rings (SSSR count). The van der Waals surface area contributed by atoms with Gasteiger partial charge in [-0.05, 0) is 56.5 Å². The fourth-order valence-electron chi connectivity index (χ4n) is 6.02. The highest BCUT2D eigenvalue weighted by atomic mass is 32.1. The van der Waals surface area contributed by atoms with Crippen LogP contribution in [-0.4, -0.2) is 64.7 Å². The number of ether oxygens (including phenoxy) is 1. The highest BCUT2D eigenvalue weighted by Gasteiger charge is 2.56. The first-order valence-corrected chi connectivity index (χ1v) is 15.0. The van der Waals surface area contributed by atoms with Crippen molar-refractivity contribution in [2.24, 2.45) is 11.8 Å². The molecule has 1 saturated heterocycles. The van der Waals surface area contributed by atoms with Gasteiger partial charge in [-0.25, -0.2) is 19.6 Å². The second kappa shape index (κ2) is 11.3. The Morgan fingerprint density at radius 2 is 1.89 bits per heavy atom. The molecule has 14 heteroatoms. The lowest BCUT2D eigenvalue weighted by molar-refractivity contribution is -0.140. The zero-order valence-corrected chi connectivity index (χ0v) is 24.9. The van der Waals surface area contributed by atoms with Gasteiger partial charge < -0.3 is 19.5 Å². The number of anilines is 1. The van der Waals surface area contributed by atoms with E-state index in [1.807, 2.05) is 4.57 Å². The number of esters is 1. The number of alkyl halides is 3. The van der Waals surface area contributed by atoms with Gasteiger partial charge >= 0.3 is 18.2 Å². The first-order valence-electron chi connectivity index (χ1n) is 14.1. The molecule has 1 unspecified atom stereocenters. The van der Waals surface area contributed by atoms with Crippen LogP contribution in [0.1, 0.15) is 35.9 Å². The third kappa shape index (κ3) is 5.43. The van der Waals surface area contributed by atoms with Crippen molar-refractivity contribution in [1.29, 1.82) is 0 Å². The van der Waals surface area contributed by atoms with Crippen LogP contribution in [-0.2, 0) is 10.9 Å². The Labute approximate surface area is 253 Å². The second-order valence-electron chi connectivity index (χ2n) is 10.9. The number of fused-ring (bicyclic) bond motifs is 2. The number of piperidine rings is 1. The van der Waals surface area contributed by atoms with Crippen molar-refractivity contribution in [3.05, 3.63) is 63.5 Å². The minimum atomic E-state index is -4.64. The topological polar surface area (TPSA) is 118 Å². The van der Waals surface area contributed by atoms with E-state index in [0.29, 0.717) is 35.0 Å². The third-order valence-corrected chi connectivity index (χ3v) is 8.87. The molecule has 2 fully saturated rings. The van der Waals surface area contributed by atoms with Gasteiger partial charge in [0.1, 0.15) is 16.4 Å². The van der Waals surface area contributed by atoms with Gasteiger partial charge in [0.25, 0.3) is 0 Å². The zero-order valence-electron chi connectivity index (χ0n) is 24.1. The lowest BCUT2D eigenvalue weighted by atomic mass is 9.99. The molecule has 0 bridgehead atoms. The van der Waals surface area contributed by atoms with Gasteiger partial charge in [-0.1, -0.05) is 6.07 Å². The number of carbonyl (C=O) groups excluding carboxylic acids is 2. The molecular weight excluding hydrogens is 597 g/mol. The number of aromatic nitrogens is 3. The molecule has 4 heterocycles. The maximum atomic E-state index is 13.7. The van der Waals surface area contributed by atoms with Crippen molar-refractivity contribution in [3.63, 3.8) is 0 Å². The fraction of sp³-hybridized carbons (Fsp3) is 0.367. The molecule has 1 aromatic carbocycles. The zero-order chi connectivity index (χ0) is 31.3. The molecule has 2 aliphatic rings. The Hall–Kier alpha value is -4.30. The van der Waals surface area contributed by atoms with Crippen LogP contribution in [0.3, 0.4) is 0 Å². The number of rotatable bonds is 7. The number of hydrogen-bond donors (Lipinski definition) is 2. The molecular formula is C30H29F3N6O4S. The number of nitrogens with zero attached hydrogens (tertiary/aromatic N) is 4. The Morgan fingerprint density at radius 1 is 1.14 bits per heavy atom. The Bertz CT molecular complexity index is 1830. The predicted octanol–water partition coefficient (Wildman–Crippen LogP) is 5.26. The van der Waals surface area contributed by atoms with E-state index in [1.165, 1.54) is 12.3 Å². The number of halogens is 3. The largest absolute Gasteiger partial charge is 0.462 e. The summed E-state index contributed by atoms with van der Waals surface area (Å²) in [7, 11) is 2.06. The summed E-state index contributed by atoms with van der Waals surface area (Å²) >= 11 is 0.801. The molecule has 0 spiro atoms. The third-order valence-electron chi connectivity index (χ3n) is 8.00. The quantitative estimate of drug-likeness (QED) is 0.269. The van der Waals surface area contributed by atoms with Crippen LogP contribution in [0.25, 0.3) is 32.6 Å². The minimum absolute atomic E-state index is 0.0568. The molecule has 1 aliphatic carbocycles. The van der Waals surface area contributed by atoms with E-state index in [-0.39, 0.29) is 40.0 Å². The Kier molecular flexibility index (Phi) is 7.66. The van der Waals surface area contributed by atoms with Gasteiger partial charge in [0.05, 0.1) is 12.1 Å². The number of nitrogens with one attached hydrogen (secondary N) is 2. The molecule has 3 aromatic heterocycles. The number of pyridine rings is 2. The number of carbonyl (C=O) groups is 2. The highest BCUT2D eigenvalue weighted by molar-refractivity contribution is 7.13. The molecule has 44 heavy (non-hydrogen) atoms. The minimum Gasteiger partial charge on any atom is -0.462 e. The van der Waals surface area contributed by atoms with Gasteiger partial charge in [0, 0.05) is 60.0 Å². The van der Waals surface area contributed by atoms with E-state index in [9.17, 15) is 27.6 Å². The summed E-state index contributed by atoms with van der Waals surface area (Å²) in [5, 5.41) is 6.41. The van der Waals surface area contributed by atoms with Gasteiger partial charge in [-0.2, -0.15) is 13.2 Å². The van der Waals surface area contributed by atoms with Gasteiger partial charge in [0.2, 0.25) is 5.43 Å². The van der Waals surface area contributed by atoms with E-state index in [1.54, 1.807) is 38.2 Å². The molecule has 0 radical (unpaired) electrons. The van der Waals surface area contributed by atoms with E-state index in [0.717, 1.165) is 29.8 Å². The Balaban J connectivity index is 1.50. The van der Waals surface area contributed by atoms with Crippen molar-refractivity contribution in [2.45, 2.75) is 26.1 Å². The van der Waals surface area contributed by atoms with E-state index >= 15 is 0 Å². The van der Waals surface area contributed by atoms with Crippen LogP contribution in [0.4, 0.5) is 23.8 Å². The number of thiazole rings is 1. The van der Waals surface area contributed by atoms with Crippen molar-refractivity contribution in [3.8, 4) is 21.7 Å². The Morgan fingerprint density at radius 3 is 2.55 bits per heavy atom. The lowest BCUT2D eigenvalue weighted by Gasteiger charge is -2.19. The maximum Gasteiger partial charge on any atom is 0.434 e. The highest BCUT2D eigenvalue weighted by Crippen LogP contribution is 2.55. The molecule has 1 saturated carbocycles. The van der Waals surface area contributed by atoms with Crippen LogP contribution in [0, 0.1) is 11.8 Å². The number of urea groups is 1. The fourth-order valence-corrected chi connectivity index (χ4v) is 6.88. The van der Waals surface area contributed by atoms with Crippen molar-refractivity contribution >= 4 is 40.1 Å². The standard InChI is InChI=1S/C30H29F3N6O4S/c1-4-34-29(42)37-24-9-16(27-36-23(14-44-27)30(31,32)33)18(10-35-24)15-6-7-22-17(8-15)26(40)21(28(41)43-5-2)13-39(22)25-19-11-38(3)12-20(19)25/h6-10,13-14,19-20,25H,4-5,11-12H2,1-3H3,(H2,34,35,37,42)/t19-,20+,25?. The smallest absolute Gasteiger partial charge is 0.434 e. The van der Waals surface area contributed by atoms with Crippen LogP contribution in [0.15, 0.2) is 46.8 Å². The number of hydrogen-bond acceptors (Lipinski definition) is 8. The molecule has 2 N–H and O–H groups in total. The number of amides is 2. The summed E-state index contributed by atoms with van der Waals surface area (Å²) < 4.78 is 47.6. The first kappa shape index (κ1) is 29.8. The van der Waals surface area contributed by atoms with Crippen LogP contribution >= 0.6 is 11.3 Å². The van der Waals surface area contributed by atoms with Gasteiger partial charge in [0.15, 0.2) is 5.69 Å². The van der Waals surface area contributed by atoms with Crippen molar-refractivity contribution < 1.29 is 27.5 Å². The molecule has 4 aromatic rings. The molecule has 2 amide bonds. The first-order chi connectivity index (χ1) is 21.0. The van der Waals surface area contributed by atoms with Crippen LogP contribution in [0.2, 0.25) is 0 Å². The molecule has 3 atom stereocenters. The maximum absolute atomic E-state index is 13.7. The van der Waals surface area contributed by atoms with E-state index in [2.05, 4.69) is 32.5 Å². The van der Waals surface area contributed by atoms with Crippen LogP contribution in [0.5, 0.6) is 0 Å². The van der Waals surface area contributed by atoms with Crippen LogP contribution < -0.4 is 16.1 Å². The van der Waals surface area contributed by atoms with E-state index < -0.39 is 29.3 Å². The summed E-state index contributed by atoms with van der Waals surface area (Å²) in [6, 6.07) is 6.22. The summed E-state index contributed by atoms with van der Waals surface area (Å²) in [5.74, 6) is 0.186. The van der Waals surface area contributed by atoms with Gasteiger partial charge in [-0.3, -0.25) is 10.1 Å². The average molecular weight is 627 g/mol. The lowest BCUT2D eigenvalue weighted by Crippen LogP contribution is -2.28. The normalized spacial score (nSPS) is 19.5. The number of likely N-dealkylation sites (tertiary alicyclic amines) is 1. The number of benzene rings is 1. The summed E-state index contributed by atoms with van der Waals surface area (Å²) in [5.41, 5.74) is 0.184. The van der Waals surface area contributed by atoms with Crippen molar-refractivity contribution in [1.82, 2.24) is 24.8 Å².